The summed E-state index contributed by atoms with van der Waals surface area (Å²) in [5.74, 6) is -0.444. The second-order valence-electron chi connectivity index (χ2n) is 3.63. The fraction of sp³-hybridized carbons (Fsp3) is 0.364. The van der Waals surface area contributed by atoms with E-state index >= 15 is 0 Å². The third kappa shape index (κ3) is 5.73. The van der Waals surface area contributed by atoms with Gasteiger partial charge in [0.05, 0.1) is 0 Å². The molecule has 2 nitrogen and oxygen atoms in total. The maximum atomic E-state index is 11.9. The van der Waals surface area contributed by atoms with Crippen LogP contribution >= 0.6 is 27.5 Å². The first kappa shape index (κ1) is 15.3. The third-order valence-electron chi connectivity index (χ3n) is 2.05. The molecule has 1 aromatic carbocycles. The van der Waals surface area contributed by atoms with E-state index in [0.29, 0.717) is 15.1 Å². The Morgan fingerprint density at radius 3 is 2.56 bits per heavy atom. The molecule has 0 aliphatic rings. The van der Waals surface area contributed by atoms with Gasteiger partial charge in [0.15, 0.2) is 0 Å². The highest BCUT2D eigenvalue weighted by molar-refractivity contribution is 9.10. The summed E-state index contributed by atoms with van der Waals surface area (Å²) < 4.78 is 36.3. The van der Waals surface area contributed by atoms with Crippen LogP contribution in [0, 0.1) is 0 Å². The van der Waals surface area contributed by atoms with Gasteiger partial charge in [0.2, 0.25) is 0 Å². The summed E-state index contributed by atoms with van der Waals surface area (Å²) in [5.41, 5.74) is 0.307. The number of halogens is 5. The summed E-state index contributed by atoms with van der Waals surface area (Å²) in [7, 11) is 0. The molecule has 0 aliphatic heterocycles. The van der Waals surface area contributed by atoms with Crippen LogP contribution in [0.4, 0.5) is 13.2 Å². The van der Waals surface area contributed by atoms with Crippen molar-refractivity contribution >= 4 is 33.4 Å². The van der Waals surface area contributed by atoms with Gasteiger partial charge in [-0.3, -0.25) is 4.79 Å². The van der Waals surface area contributed by atoms with E-state index in [1.165, 1.54) is 6.07 Å². The predicted molar refractivity (Wildman–Crippen MR) is 66.8 cm³/mol. The fourth-order valence-electron chi connectivity index (χ4n) is 1.28. The minimum absolute atomic E-state index is 0.0253. The van der Waals surface area contributed by atoms with Crippen LogP contribution in [0.3, 0.4) is 0 Å². The lowest BCUT2D eigenvalue weighted by Gasteiger charge is -2.08. The van der Waals surface area contributed by atoms with Crippen molar-refractivity contribution in [3.8, 4) is 0 Å². The van der Waals surface area contributed by atoms with E-state index in [0.717, 1.165) is 0 Å². The van der Waals surface area contributed by atoms with E-state index in [4.69, 9.17) is 11.6 Å². The topological polar surface area (TPSA) is 29.1 Å². The average molecular weight is 345 g/mol. The lowest BCUT2D eigenvalue weighted by molar-refractivity contribution is -0.135. The predicted octanol–water partition coefficient (Wildman–Crippen LogP) is 4.17. The van der Waals surface area contributed by atoms with Crippen LogP contribution < -0.4 is 5.32 Å². The van der Waals surface area contributed by atoms with Crippen molar-refractivity contribution in [1.82, 2.24) is 5.32 Å². The Morgan fingerprint density at radius 1 is 1.33 bits per heavy atom. The Bertz CT molecular complexity index is 417. The summed E-state index contributed by atoms with van der Waals surface area (Å²) in [6.07, 6.45) is -5.24. The number of hydrogen-bond acceptors (Lipinski definition) is 1. The molecule has 0 bridgehead atoms. The third-order valence-corrected chi connectivity index (χ3v) is 2.72. The van der Waals surface area contributed by atoms with E-state index in [9.17, 15) is 18.0 Å². The second kappa shape index (κ2) is 6.43. The van der Waals surface area contributed by atoms with Gasteiger partial charge in [0, 0.05) is 28.0 Å². The Labute approximate surface area is 116 Å². The van der Waals surface area contributed by atoms with Crippen LogP contribution in [0.15, 0.2) is 22.7 Å². The van der Waals surface area contributed by atoms with Crippen LogP contribution in [0.5, 0.6) is 0 Å². The molecule has 0 aliphatic carbocycles. The Hall–Kier alpha value is -0.750. The molecule has 0 fully saturated rings. The van der Waals surface area contributed by atoms with E-state index in [1.54, 1.807) is 12.1 Å². The number of benzene rings is 1. The molecule has 1 N–H and O–H groups in total. The highest BCUT2D eigenvalue weighted by Gasteiger charge is 2.26. The molecule has 0 aromatic heterocycles. The Morgan fingerprint density at radius 2 is 2.00 bits per heavy atom. The van der Waals surface area contributed by atoms with Crippen molar-refractivity contribution in [1.29, 1.82) is 0 Å². The van der Waals surface area contributed by atoms with Gasteiger partial charge in [-0.25, -0.2) is 0 Å². The second-order valence-corrected chi connectivity index (χ2v) is 4.98. The number of alkyl halides is 3. The molecule has 0 saturated carbocycles. The van der Waals surface area contributed by atoms with Crippen LogP contribution in [-0.2, 0) is 0 Å². The van der Waals surface area contributed by atoms with Crippen molar-refractivity contribution in [3.63, 3.8) is 0 Å². The molecule has 1 rings (SSSR count). The quantitative estimate of drug-likeness (QED) is 0.816. The standard InChI is InChI=1S/C11H10BrClF3NO/c12-8-4-7(5-9(13)6-8)10(18)17-3-1-2-11(14,15)16/h4-6H,1-3H2,(H,17,18). The van der Waals surface area contributed by atoms with Crippen molar-refractivity contribution in [3.05, 3.63) is 33.3 Å². The zero-order valence-corrected chi connectivity index (χ0v) is 11.5. The van der Waals surface area contributed by atoms with Crippen molar-refractivity contribution < 1.29 is 18.0 Å². The van der Waals surface area contributed by atoms with Crippen molar-refractivity contribution in [2.75, 3.05) is 6.54 Å². The maximum absolute atomic E-state index is 11.9. The summed E-state index contributed by atoms with van der Waals surface area (Å²) >= 11 is 8.93. The van der Waals surface area contributed by atoms with Gasteiger partial charge in [-0.15, -0.1) is 0 Å². The molecule has 0 radical (unpaired) electrons. The molecule has 100 valence electrons. The summed E-state index contributed by atoms with van der Waals surface area (Å²) in [6.45, 7) is -0.0253. The normalized spacial score (nSPS) is 11.4. The Kier molecular flexibility index (Phi) is 5.47. The first-order valence-corrected chi connectivity index (χ1v) is 6.26. The van der Waals surface area contributed by atoms with Gasteiger partial charge in [-0.1, -0.05) is 27.5 Å². The first-order chi connectivity index (χ1) is 8.28. The number of hydrogen-bond donors (Lipinski definition) is 1. The number of nitrogens with one attached hydrogen (secondary N) is 1. The van der Waals surface area contributed by atoms with Gasteiger partial charge >= 0.3 is 6.18 Å². The molecule has 0 unspecified atom stereocenters. The summed E-state index contributed by atoms with van der Waals surface area (Å²) in [4.78, 5) is 11.6. The van der Waals surface area contributed by atoms with Gasteiger partial charge in [-0.2, -0.15) is 13.2 Å². The van der Waals surface area contributed by atoms with Gasteiger partial charge in [0.1, 0.15) is 0 Å². The molecule has 0 heterocycles. The van der Waals surface area contributed by atoms with E-state index in [-0.39, 0.29) is 13.0 Å². The zero-order valence-electron chi connectivity index (χ0n) is 9.15. The number of amides is 1. The number of rotatable bonds is 4. The molecule has 0 atom stereocenters. The molecule has 1 amide bonds. The molecular formula is C11H10BrClF3NO. The summed E-state index contributed by atoms with van der Waals surface area (Å²) in [6, 6.07) is 4.61. The molecule has 18 heavy (non-hydrogen) atoms. The minimum atomic E-state index is -4.19. The Balaban J connectivity index is 2.46. The molecule has 0 spiro atoms. The lowest BCUT2D eigenvalue weighted by Crippen LogP contribution is -2.25. The number of carbonyl (C=O) groups excluding carboxylic acids is 1. The highest BCUT2D eigenvalue weighted by Crippen LogP contribution is 2.21. The molecule has 1 aromatic rings. The van der Waals surface area contributed by atoms with Crippen LogP contribution in [0.1, 0.15) is 23.2 Å². The van der Waals surface area contributed by atoms with Crippen LogP contribution in [0.2, 0.25) is 5.02 Å². The zero-order chi connectivity index (χ0) is 13.8. The van der Waals surface area contributed by atoms with Gasteiger partial charge < -0.3 is 5.32 Å². The first-order valence-electron chi connectivity index (χ1n) is 5.09. The number of carbonyl (C=O) groups is 1. The molecule has 0 saturated heterocycles. The molecular weight excluding hydrogens is 334 g/mol. The van der Waals surface area contributed by atoms with Gasteiger partial charge in [0.25, 0.3) is 5.91 Å². The minimum Gasteiger partial charge on any atom is -0.352 e. The fourth-order valence-corrected chi connectivity index (χ4v) is 2.14. The smallest absolute Gasteiger partial charge is 0.352 e. The van der Waals surface area contributed by atoms with Gasteiger partial charge in [-0.05, 0) is 24.6 Å². The van der Waals surface area contributed by atoms with E-state index in [2.05, 4.69) is 21.2 Å². The van der Waals surface area contributed by atoms with Crippen LogP contribution in [0.25, 0.3) is 0 Å². The van der Waals surface area contributed by atoms with E-state index in [1.807, 2.05) is 0 Å². The highest BCUT2D eigenvalue weighted by atomic mass is 79.9. The SMILES string of the molecule is O=C(NCCCC(F)(F)F)c1cc(Cl)cc(Br)c1. The van der Waals surface area contributed by atoms with Crippen molar-refractivity contribution in [2.45, 2.75) is 19.0 Å². The van der Waals surface area contributed by atoms with Crippen molar-refractivity contribution in [2.24, 2.45) is 0 Å². The largest absolute Gasteiger partial charge is 0.389 e. The maximum Gasteiger partial charge on any atom is 0.389 e. The van der Waals surface area contributed by atoms with Crippen LogP contribution in [-0.4, -0.2) is 18.6 Å². The lowest BCUT2D eigenvalue weighted by atomic mass is 10.2. The monoisotopic (exact) mass is 343 g/mol. The molecule has 7 heteroatoms. The summed E-state index contributed by atoms with van der Waals surface area (Å²) in [5, 5.41) is 2.79. The average Bonchev–Trinajstić information content (AvgIpc) is 2.21. The van der Waals surface area contributed by atoms with E-state index < -0.39 is 18.5 Å².